The van der Waals surface area contributed by atoms with E-state index in [2.05, 4.69) is 24.3 Å². The predicted octanol–water partition coefficient (Wildman–Crippen LogP) is 4.23. The fraction of sp³-hybridized carbons (Fsp3) is 0.286. The molecule has 3 heterocycles. The number of aliphatic hydroxyl groups excluding tert-OH is 1. The Morgan fingerprint density at radius 2 is 1.85 bits per heavy atom. The summed E-state index contributed by atoms with van der Waals surface area (Å²) in [6.07, 6.45) is -2.02. The van der Waals surface area contributed by atoms with E-state index >= 15 is 0 Å². The SMILES string of the molecule is CCn1c(Cc2ccc3c(c2)OC(F)(F)O3)cc2cc(C(=O)NC(CO)c3ccc(S(=O)(=O)CC)cn3)ccc21. The quantitative estimate of drug-likeness (QED) is 0.309. The Labute approximate surface area is 229 Å². The molecular formula is C28H27F2N3O6S. The normalized spacial score (nSPS) is 14.8. The molecule has 0 aliphatic carbocycles. The summed E-state index contributed by atoms with van der Waals surface area (Å²) in [6, 6.07) is 13.9. The van der Waals surface area contributed by atoms with Crippen molar-refractivity contribution in [1.82, 2.24) is 14.9 Å². The smallest absolute Gasteiger partial charge is 0.395 e. The molecule has 0 saturated heterocycles. The molecule has 1 aliphatic heterocycles. The summed E-state index contributed by atoms with van der Waals surface area (Å²) in [6.45, 7) is 3.74. The maximum Gasteiger partial charge on any atom is 0.586 e. The molecule has 9 nitrogen and oxygen atoms in total. The van der Waals surface area contributed by atoms with Gasteiger partial charge in [-0.25, -0.2) is 8.42 Å². The largest absolute Gasteiger partial charge is 0.586 e. The molecule has 0 bridgehead atoms. The second-order valence-corrected chi connectivity index (χ2v) is 11.6. The second kappa shape index (κ2) is 10.5. The highest BCUT2D eigenvalue weighted by Crippen LogP contribution is 2.41. The average molecular weight is 572 g/mol. The topological polar surface area (TPSA) is 120 Å². The summed E-state index contributed by atoms with van der Waals surface area (Å²) in [4.78, 5) is 17.3. The van der Waals surface area contributed by atoms with Gasteiger partial charge in [-0.3, -0.25) is 9.78 Å². The molecule has 2 aromatic heterocycles. The number of ether oxygens (including phenoxy) is 2. The van der Waals surface area contributed by atoms with Gasteiger partial charge in [0.2, 0.25) is 0 Å². The van der Waals surface area contributed by atoms with E-state index in [9.17, 15) is 27.1 Å². The van der Waals surface area contributed by atoms with Gasteiger partial charge < -0.3 is 24.5 Å². The molecule has 210 valence electrons. The zero-order chi connectivity index (χ0) is 28.7. The van der Waals surface area contributed by atoms with Crippen LogP contribution in [0.15, 0.2) is 65.7 Å². The Bertz CT molecular complexity index is 1690. The first-order valence-corrected chi connectivity index (χ1v) is 14.3. The van der Waals surface area contributed by atoms with Crippen molar-refractivity contribution >= 4 is 26.6 Å². The lowest BCUT2D eigenvalue weighted by molar-refractivity contribution is -0.286. The molecule has 2 N–H and O–H groups in total. The number of benzene rings is 2. The lowest BCUT2D eigenvalue weighted by Crippen LogP contribution is -2.31. The summed E-state index contributed by atoms with van der Waals surface area (Å²) in [5.41, 5.74) is 3.26. The van der Waals surface area contributed by atoms with Crippen LogP contribution in [0.4, 0.5) is 8.78 Å². The molecule has 40 heavy (non-hydrogen) atoms. The highest BCUT2D eigenvalue weighted by Gasteiger charge is 2.43. The van der Waals surface area contributed by atoms with Crippen LogP contribution >= 0.6 is 0 Å². The van der Waals surface area contributed by atoms with Crippen molar-refractivity contribution in [2.24, 2.45) is 0 Å². The second-order valence-electron chi connectivity index (χ2n) is 9.31. The average Bonchev–Trinajstić information content (AvgIpc) is 3.45. The predicted molar refractivity (Wildman–Crippen MR) is 142 cm³/mol. The number of aryl methyl sites for hydroxylation is 1. The summed E-state index contributed by atoms with van der Waals surface area (Å²) in [5, 5.41) is 13.4. The zero-order valence-corrected chi connectivity index (χ0v) is 22.5. The van der Waals surface area contributed by atoms with Gasteiger partial charge in [0.05, 0.1) is 29.0 Å². The van der Waals surface area contributed by atoms with E-state index in [1.807, 2.05) is 19.1 Å². The van der Waals surface area contributed by atoms with Crippen molar-refractivity contribution < 1.29 is 36.6 Å². The molecule has 4 aromatic rings. The van der Waals surface area contributed by atoms with Crippen LogP contribution in [-0.2, 0) is 22.8 Å². The van der Waals surface area contributed by atoms with E-state index in [-0.39, 0.29) is 22.1 Å². The number of sulfone groups is 1. The standard InChI is InChI=1S/C28H27F2N3O6S/c1-3-33-20(11-17-5-10-25-26(12-17)39-28(29,30)38-25)14-19-13-18(6-9-24(19)33)27(35)32-23(16-34)22-8-7-21(15-31-22)40(36,37)4-2/h5-10,12-15,23,34H,3-4,11,16H2,1-2H3,(H,32,35). The number of hydrogen-bond donors (Lipinski definition) is 2. The molecule has 1 atom stereocenters. The monoisotopic (exact) mass is 571 g/mol. The van der Waals surface area contributed by atoms with Crippen LogP contribution < -0.4 is 14.8 Å². The number of nitrogens with one attached hydrogen (secondary N) is 1. The van der Waals surface area contributed by atoms with E-state index in [0.29, 0.717) is 24.2 Å². The van der Waals surface area contributed by atoms with Gasteiger partial charge in [-0.1, -0.05) is 13.0 Å². The molecule has 1 unspecified atom stereocenters. The third-order valence-electron chi connectivity index (χ3n) is 6.76. The van der Waals surface area contributed by atoms with Crippen LogP contribution in [0.3, 0.4) is 0 Å². The first kappa shape index (κ1) is 27.5. The lowest BCUT2D eigenvalue weighted by Gasteiger charge is -2.16. The van der Waals surface area contributed by atoms with Crippen LogP contribution in [0.25, 0.3) is 10.9 Å². The first-order chi connectivity index (χ1) is 19.0. The highest BCUT2D eigenvalue weighted by molar-refractivity contribution is 7.91. The van der Waals surface area contributed by atoms with Crippen molar-refractivity contribution in [3.05, 3.63) is 83.3 Å². The molecule has 12 heteroatoms. The first-order valence-electron chi connectivity index (χ1n) is 12.6. The molecule has 0 saturated carbocycles. The molecule has 0 spiro atoms. The minimum Gasteiger partial charge on any atom is -0.395 e. The van der Waals surface area contributed by atoms with Gasteiger partial charge >= 0.3 is 6.29 Å². The van der Waals surface area contributed by atoms with Crippen molar-refractivity contribution in [1.29, 1.82) is 0 Å². The summed E-state index contributed by atoms with van der Waals surface area (Å²) in [5.74, 6) is -0.530. The van der Waals surface area contributed by atoms with Crippen molar-refractivity contribution in [2.45, 2.75) is 44.0 Å². The van der Waals surface area contributed by atoms with Gasteiger partial charge in [0.1, 0.15) is 0 Å². The Morgan fingerprint density at radius 3 is 2.52 bits per heavy atom. The number of pyridine rings is 1. The minimum atomic E-state index is -3.68. The number of aromatic nitrogens is 2. The number of alkyl halides is 2. The summed E-state index contributed by atoms with van der Waals surface area (Å²) < 4.78 is 62.0. The van der Waals surface area contributed by atoms with Crippen LogP contribution in [-0.4, -0.2) is 47.6 Å². The van der Waals surface area contributed by atoms with Crippen molar-refractivity contribution in [2.75, 3.05) is 12.4 Å². The van der Waals surface area contributed by atoms with Gasteiger partial charge in [0.25, 0.3) is 5.91 Å². The Kier molecular flexibility index (Phi) is 7.23. The molecule has 1 aliphatic rings. The van der Waals surface area contributed by atoms with Crippen molar-refractivity contribution in [3.8, 4) is 11.5 Å². The van der Waals surface area contributed by atoms with Crippen LogP contribution in [0.1, 0.15) is 47.2 Å². The highest BCUT2D eigenvalue weighted by atomic mass is 32.2. The van der Waals surface area contributed by atoms with E-state index < -0.39 is 34.7 Å². The number of halogens is 2. The third kappa shape index (κ3) is 5.36. The molecule has 1 amide bonds. The minimum absolute atomic E-state index is 0.0150. The van der Waals surface area contributed by atoms with E-state index in [1.165, 1.54) is 37.4 Å². The zero-order valence-electron chi connectivity index (χ0n) is 21.7. The fourth-order valence-corrected chi connectivity index (χ4v) is 5.53. The summed E-state index contributed by atoms with van der Waals surface area (Å²) >= 11 is 0. The van der Waals surface area contributed by atoms with Crippen LogP contribution in [0.2, 0.25) is 0 Å². The summed E-state index contributed by atoms with van der Waals surface area (Å²) in [7, 11) is -3.42. The van der Waals surface area contributed by atoms with Crippen LogP contribution in [0, 0.1) is 0 Å². The van der Waals surface area contributed by atoms with Gasteiger partial charge in [-0.15, -0.1) is 8.78 Å². The molecule has 5 rings (SSSR count). The number of carbonyl (C=O) groups excluding carboxylic acids is 1. The number of nitrogens with zero attached hydrogens (tertiary/aromatic N) is 2. The lowest BCUT2D eigenvalue weighted by atomic mass is 10.1. The number of amides is 1. The van der Waals surface area contributed by atoms with Gasteiger partial charge in [-0.2, -0.15) is 0 Å². The fourth-order valence-electron chi connectivity index (χ4n) is 4.70. The van der Waals surface area contributed by atoms with E-state index in [4.69, 9.17) is 0 Å². The molecule has 0 fully saturated rings. The van der Waals surface area contributed by atoms with Gasteiger partial charge in [-0.05, 0) is 61.0 Å². The number of carbonyl (C=O) groups is 1. The van der Waals surface area contributed by atoms with E-state index in [1.54, 1.807) is 18.2 Å². The molecule has 0 radical (unpaired) electrons. The number of rotatable bonds is 9. The number of hydrogen-bond acceptors (Lipinski definition) is 7. The molecule has 2 aromatic carbocycles. The maximum atomic E-state index is 13.4. The Morgan fingerprint density at radius 1 is 1.07 bits per heavy atom. The Hall–Kier alpha value is -4.03. The molecular weight excluding hydrogens is 544 g/mol. The van der Waals surface area contributed by atoms with Crippen molar-refractivity contribution in [3.63, 3.8) is 0 Å². The number of aliphatic hydroxyl groups is 1. The van der Waals surface area contributed by atoms with E-state index in [0.717, 1.165) is 22.2 Å². The van der Waals surface area contributed by atoms with Gasteiger partial charge in [0, 0.05) is 41.3 Å². The van der Waals surface area contributed by atoms with Crippen LogP contribution in [0.5, 0.6) is 11.5 Å². The number of fused-ring (bicyclic) bond motifs is 2. The maximum absolute atomic E-state index is 13.4. The third-order valence-corrected chi connectivity index (χ3v) is 8.48. The Balaban J connectivity index is 1.36. The van der Waals surface area contributed by atoms with Gasteiger partial charge in [0.15, 0.2) is 21.3 Å².